The average molecular weight is 411 g/mol. The Morgan fingerprint density at radius 2 is 1.93 bits per heavy atom. The fourth-order valence-corrected chi connectivity index (χ4v) is 4.60. The number of aryl methyl sites for hydroxylation is 1. The highest BCUT2D eigenvalue weighted by Crippen LogP contribution is 2.25. The summed E-state index contributed by atoms with van der Waals surface area (Å²) in [5.74, 6) is 0.0534. The molecule has 8 heteroatoms. The first-order chi connectivity index (χ1) is 12.8. The predicted molar refractivity (Wildman–Crippen MR) is 107 cm³/mol. The highest BCUT2D eigenvalue weighted by Gasteiger charge is 2.28. The van der Waals surface area contributed by atoms with Crippen molar-refractivity contribution in [3.05, 3.63) is 53.1 Å². The lowest BCUT2D eigenvalue weighted by Crippen LogP contribution is -2.38. The number of carbonyl (C=O) groups is 1. The zero-order valence-corrected chi connectivity index (χ0v) is 17.1. The molecular formula is C19H23ClN2O4S. The van der Waals surface area contributed by atoms with Gasteiger partial charge in [-0.15, -0.1) is 0 Å². The maximum Gasteiger partial charge on any atom is 0.243 e. The molecule has 0 heterocycles. The fraction of sp³-hybridized carbons (Fsp3) is 0.316. The summed E-state index contributed by atoms with van der Waals surface area (Å²) in [5, 5.41) is 3.03. The van der Waals surface area contributed by atoms with Crippen LogP contribution in [0.15, 0.2) is 47.4 Å². The minimum absolute atomic E-state index is 0.105. The maximum atomic E-state index is 13.1. The average Bonchev–Trinajstić information content (AvgIpc) is 2.63. The SMILES string of the molecule is CCCN(CC(=O)Nc1ccccc1OC)S(=O)(=O)c1cc(Cl)ccc1C. The van der Waals surface area contributed by atoms with Crippen LogP contribution in [0.2, 0.25) is 5.02 Å². The summed E-state index contributed by atoms with van der Waals surface area (Å²) in [5.41, 5.74) is 1.06. The van der Waals surface area contributed by atoms with Gasteiger partial charge in [-0.25, -0.2) is 8.42 Å². The Morgan fingerprint density at radius 1 is 1.22 bits per heavy atom. The van der Waals surface area contributed by atoms with Crippen LogP contribution in [0.25, 0.3) is 0 Å². The lowest BCUT2D eigenvalue weighted by atomic mass is 10.2. The molecule has 27 heavy (non-hydrogen) atoms. The van der Waals surface area contributed by atoms with Crippen LogP contribution in [-0.2, 0) is 14.8 Å². The van der Waals surface area contributed by atoms with Gasteiger partial charge in [0.15, 0.2) is 0 Å². The molecule has 0 aliphatic heterocycles. The third-order valence-corrected chi connectivity index (χ3v) is 6.16. The lowest BCUT2D eigenvalue weighted by molar-refractivity contribution is -0.116. The first-order valence-electron chi connectivity index (χ1n) is 8.48. The van der Waals surface area contributed by atoms with E-state index in [0.717, 1.165) is 4.31 Å². The van der Waals surface area contributed by atoms with Gasteiger partial charge in [0.25, 0.3) is 0 Å². The van der Waals surface area contributed by atoms with Crippen molar-refractivity contribution < 1.29 is 17.9 Å². The van der Waals surface area contributed by atoms with Gasteiger partial charge >= 0.3 is 0 Å². The van der Waals surface area contributed by atoms with Gasteiger partial charge < -0.3 is 10.1 Å². The van der Waals surface area contributed by atoms with E-state index in [1.165, 1.54) is 13.2 Å². The molecule has 0 saturated carbocycles. The molecule has 1 N–H and O–H groups in total. The number of methoxy groups -OCH3 is 1. The molecule has 0 spiro atoms. The standard InChI is InChI=1S/C19H23ClN2O4S/c1-4-11-22(27(24,25)18-12-15(20)10-9-14(18)2)13-19(23)21-16-7-5-6-8-17(16)26-3/h5-10,12H,4,11,13H2,1-3H3,(H,21,23). The highest BCUT2D eigenvalue weighted by molar-refractivity contribution is 7.89. The Kier molecular flexibility index (Phi) is 7.24. The van der Waals surface area contributed by atoms with Gasteiger partial charge in [0.05, 0.1) is 24.2 Å². The molecule has 0 atom stereocenters. The first kappa shape index (κ1) is 21.2. The van der Waals surface area contributed by atoms with E-state index in [1.807, 2.05) is 6.92 Å². The van der Waals surface area contributed by atoms with E-state index in [9.17, 15) is 13.2 Å². The first-order valence-corrected chi connectivity index (χ1v) is 10.3. The Bertz CT molecular complexity index is 916. The number of sulfonamides is 1. The largest absolute Gasteiger partial charge is 0.495 e. The van der Waals surface area contributed by atoms with Crippen LogP contribution in [0, 0.1) is 6.92 Å². The van der Waals surface area contributed by atoms with Crippen LogP contribution < -0.4 is 10.1 Å². The molecule has 2 aromatic rings. The van der Waals surface area contributed by atoms with E-state index in [0.29, 0.717) is 28.4 Å². The summed E-state index contributed by atoms with van der Waals surface area (Å²) >= 11 is 5.97. The summed E-state index contributed by atoms with van der Waals surface area (Å²) in [6, 6.07) is 11.6. The molecule has 2 rings (SSSR count). The van der Waals surface area contributed by atoms with Crippen molar-refractivity contribution in [2.45, 2.75) is 25.2 Å². The Morgan fingerprint density at radius 3 is 2.59 bits per heavy atom. The number of para-hydroxylation sites is 2. The van der Waals surface area contributed by atoms with E-state index < -0.39 is 15.9 Å². The van der Waals surface area contributed by atoms with Crippen molar-refractivity contribution in [1.82, 2.24) is 4.31 Å². The number of nitrogens with zero attached hydrogens (tertiary/aromatic N) is 1. The fourth-order valence-electron chi connectivity index (χ4n) is 2.62. The molecule has 0 fully saturated rings. The monoisotopic (exact) mass is 410 g/mol. The number of amides is 1. The van der Waals surface area contributed by atoms with Gasteiger partial charge in [-0.3, -0.25) is 4.79 Å². The van der Waals surface area contributed by atoms with Crippen molar-refractivity contribution in [3.8, 4) is 5.75 Å². The molecule has 0 unspecified atom stereocenters. The number of ether oxygens (including phenoxy) is 1. The van der Waals surface area contributed by atoms with Gasteiger partial charge in [-0.1, -0.05) is 36.7 Å². The lowest BCUT2D eigenvalue weighted by Gasteiger charge is -2.22. The molecule has 0 aliphatic carbocycles. The number of anilines is 1. The second kappa shape index (κ2) is 9.21. The van der Waals surface area contributed by atoms with Crippen LogP contribution in [0.3, 0.4) is 0 Å². The summed E-state index contributed by atoms with van der Waals surface area (Å²) in [6.07, 6.45) is 0.570. The van der Waals surface area contributed by atoms with E-state index in [2.05, 4.69) is 5.32 Å². The highest BCUT2D eigenvalue weighted by atomic mass is 35.5. The van der Waals surface area contributed by atoms with Crippen molar-refractivity contribution in [3.63, 3.8) is 0 Å². The zero-order chi connectivity index (χ0) is 20.0. The number of rotatable bonds is 8. The number of hydrogen-bond donors (Lipinski definition) is 1. The van der Waals surface area contributed by atoms with Crippen molar-refractivity contribution in [2.24, 2.45) is 0 Å². The minimum atomic E-state index is -3.86. The number of hydrogen-bond acceptors (Lipinski definition) is 4. The van der Waals surface area contributed by atoms with Gasteiger partial charge in [0, 0.05) is 11.6 Å². The smallest absolute Gasteiger partial charge is 0.243 e. The third kappa shape index (κ3) is 5.22. The topological polar surface area (TPSA) is 75.7 Å². The van der Waals surface area contributed by atoms with Crippen LogP contribution in [-0.4, -0.2) is 38.8 Å². The normalized spacial score (nSPS) is 11.4. The molecule has 0 radical (unpaired) electrons. The van der Waals surface area contributed by atoms with E-state index in [4.69, 9.17) is 16.3 Å². The molecule has 2 aromatic carbocycles. The molecule has 0 aromatic heterocycles. The van der Waals surface area contributed by atoms with Gasteiger partial charge in [0.2, 0.25) is 15.9 Å². The number of carbonyl (C=O) groups excluding carboxylic acids is 1. The Labute approximate surface area is 165 Å². The van der Waals surface area contributed by atoms with Crippen molar-refractivity contribution in [1.29, 1.82) is 0 Å². The number of benzene rings is 2. The maximum absolute atomic E-state index is 13.1. The van der Waals surface area contributed by atoms with E-state index in [1.54, 1.807) is 43.3 Å². The number of halogens is 1. The molecule has 1 amide bonds. The Balaban J connectivity index is 2.26. The summed E-state index contributed by atoms with van der Waals surface area (Å²) < 4.78 is 32.5. The zero-order valence-electron chi connectivity index (χ0n) is 15.5. The van der Waals surface area contributed by atoms with E-state index in [-0.39, 0.29) is 18.0 Å². The molecule has 6 nitrogen and oxygen atoms in total. The van der Waals surface area contributed by atoms with Gasteiger partial charge in [-0.2, -0.15) is 4.31 Å². The molecule has 0 bridgehead atoms. The van der Waals surface area contributed by atoms with Gasteiger partial charge in [-0.05, 0) is 43.2 Å². The second-order valence-corrected chi connectivity index (χ2v) is 8.34. The van der Waals surface area contributed by atoms with Crippen LogP contribution >= 0.6 is 11.6 Å². The second-order valence-electron chi connectivity index (χ2n) is 6.00. The quantitative estimate of drug-likeness (QED) is 0.720. The Hall–Kier alpha value is -2.09. The molecule has 146 valence electrons. The minimum Gasteiger partial charge on any atom is -0.495 e. The molecule has 0 saturated heterocycles. The molecule has 0 aliphatic rings. The number of nitrogens with one attached hydrogen (secondary N) is 1. The third-order valence-electron chi connectivity index (χ3n) is 3.94. The van der Waals surface area contributed by atoms with Crippen LogP contribution in [0.1, 0.15) is 18.9 Å². The van der Waals surface area contributed by atoms with Crippen LogP contribution in [0.4, 0.5) is 5.69 Å². The van der Waals surface area contributed by atoms with E-state index >= 15 is 0 Å². The predicted octanol–water partition coefficient (Wildman–Crippen LogP) is 3.70. The summed E-state index contributed by atoms with van der Waals surface area (Å²) in [7, 11) is -2.36. The van der Waals surface area contributed by atoms with Crippen molar-refractivity contribution >= 4 is 33.2 Å². The molecular weight excluding hydrogens is 388 g/mol. The summed E-state index contributed by atoms with van der Waals surface area (Å²) in [4.78, 5) is 12.6. The summed E-state index contributed by atoms with van der Waals surface area (Å²) in [6.45, 7) is 3.46. The van der Waals surface area contributed by atoms with Gasteiger partial charge in [0.1, 0.15) is 5.75 Å². The van der Waals surface area contributed by atoms with Crippen LogP contribution in [0.5, 0.6) is 5.75 Å². The van der Waals surface area contributed by atoms with Crippen molar-refractivity contribution in [2.75, 3.05) is 25.5 Å².